The Morgan fingerprint density at radius 2 is 2.33 bits per heavy atom. The highest BCUT2D eigenvalue weighted by Crippen LogP contribution is 1.99. The van der Waals surface area contributed by atoms with Gasteiger partial charge >= 0.3 is 0 Å². The number of nitrogen functional groups attached to an aromatic ring is 1. The number of hydrogen-bond acceptors (Lipinski definition) is 4. The van der Waals surface area contributed by atoms with Gasteiger partial charge in [-0.1, -0.05) is 6.07 Å². The first kappa shape index (κ1) is 11.0. The predicted octanol–water partition coefficient (Wildman–Crippen LogP) is -0.102. The third-order valence-electron chi connectivity index (χ3n) is 1.46. The van der Waals surface area contributed by atoms with E-state index in [2.05, 4.69) is 15.5 Å². The number of nitrogens with zero attached hydrogens (tertiary/aromatic N) is 3. The van der Waals surface area contributed by atoms with Gasteiger partial charge in [0.15, 0.2) is 0 Å². The minimum Gasteiger partial charge on any atom is -0.384 e. The van der Waals surface area contributed by atoms with Crippen LogP contribution in [0.15, 0.2) is 23.3 Å². The van der Waals surface area contributed by atoms with E-state index < -0.39 is 0 Å². The van der Waals surface area contributed by atoms with Crippen LogP contribution >= 0.6 is 0 Å². The van der Waals surface area contributed by atoms with E-state index in [4.69, 9.17) is 5.73 Å². The Hall–Kier alpha value is -2.11. The molecule has 0 fully saturated rings. The van der Waals surface area contributed by atoms with E-state index in [1.165, 1.54) is 6.34 Å². The maximum atomic E-state index is 11.4. The lowest BCUT2D eigenvalue weighted by Crippen LogP contribution is -2.21. The first-order chi connectivity index (χ1) is 7.09. The molecule has 15 heavy (non-hydrogen) atoms. The van der Waals surface area contributed by atoms with E-state index in [9.17, 15) is 4.79 Å². The van der Waals surface area contributed by atoms with Gasteiger partial charge in [-0.15, -0.1) is 0 Å². The smallest absolute Gasteiger partial charge is 0.290 e. The van der Waals surface area contributed by atoms with Crippen LogP contribution in [0.5, 0.6) is 0 Å². The van der Waals surface area contributed by atoms with Gasteiger partial charge in [0.1, 0.15) is 17.9 Å². The van der Waals surface area contributed by atoms with Crippen molar-refractivity contribution in [3.63, 3.8) is 0 Å². The molecule has 0 bridgehead atoms. The summed E-state index contributed by atoms with van der Waals surface area (Å²) < 4.78 is 0. The Bertz CT molecular complexity index is 375. The molecule has 0 aliphatic carbocycles. The lowest BCUT2D eigenvalue weighted by molar-refractivity contribution is 0.0950. The van der Waals surface area contributed by atoms with Gasteiger partial charge < -0.3 is 10.6 Å². The number of anilines is 1. The van der Waals surface area contributed by atoms with E-state index in [1.807, 2.05) is 0 Å². The van der Waals surface area contributed by atoms with Crippen molar-refractivity contribution in [2.75, 3.05) is 19.8 Å². The average molecular weight is 207 g/mol. The van der Waals surface area contributed by atoms with E-state index in [1.54, 1.807) is 37.2 Å². The second-order valence-corrected chi connectivity index (χ2v) is 3.10. The maximum absolute atomic E-state index is 11.4. The molecule has 0 unspecified atom stereocenters. The number of nitrogens with one attached hydrogen (secondary N) is 1. The molecule has 0 aliphatic rings. The van der Waals surface area contributed by atoms with Crippen LogP contribution in [0.2, 0.25) is 0 Å². The summed E-state index contributed by atoms with van der Waals surface area (Å²) in [4.78, 5) is 17.0. The van der Waals surface area contributed by atoms with Gasteiger partial charge in [-0.2, -0.15) is 5.10 Å². The number of amides is 1. The SMILES string of the molecule is CN(C)/C=N/NC(=O)c1cccc(N)n1. The van der Waals surface area contributed by atoms with Crippen molar-refractivity contribution >= 4 is 18.1 Å². The van der Waals surface area contributed by atoms with Crippen LogP contribution in [-0.2, 0) is 0 Å². The van der Waals surface area contributed by atoms with Crippen molar-refractivity contribution in [1.82, 2.24) is 15.3 Å². The number of rotatable bonds is 3. The van der Waals surface area contributed by atoms with Crippen molar-refractivity contribution in [1.29, 1.82) is 0 Å². The van der Waals surface area contributed by atoms with Gasteiger partial charge in [-0.25, -0.2) is 10.4 Å². The van der Waals surface area contributed by atoms with Crippen LogP contribution < -0.4 is 11.2 Å². The molecule has 0 saturated carbocycles. The monoisotopic (exact) mass is 207 g/mol. The minimum absolute atomic E-state index is 0.242. The van der Waals surface area contributed by atoms with Gasteiger partial charge in [0, 0.05) is 14.1 Å². The molecule has 1 aromatic rings. The number of pyridine rings is 1. The van der Waals surface area contributed by atoms with Gasteiger partial charge in [-0.05, 0) is 12.1 Å². The first-order valence-corrected chi connectivity index (χ1v) is 4.32. The fourth-order valence-electron chi connectivity index (χ4n) is 0.838. The zero-order valence-electron chi connectivity index (χ0n) is 8.64. The standard InChI is InChI=1S/C9H13N5O/c1-14(2)6-11-13-9(15)7-4-3-5-8(10)12-7/h3-6H,1-2H3,(H2,10,12)(H,13,15)/b11-6+. The Morgan fingerprint density at radius 3 is 2.93 bits per heavy atom. The molecule has 1 aromatic heterocycles. The summed E-state index contributed by atoms with van der Waals surface area (Å²) in [5.41, 5.74) is 8.01. The quantitative estimate of drug-likeness (QED) is 0.412. The molecule has 1 amide bonds. The molecule has 0 aliphatic heterocycles. The Kier molecular flexibility index (Phi) is 3.61. The third-order valence-corrected chi connectivity index (χ3v) is 1.46. The molecular weight excluding hydrogens is 194 g/mol. The molecule has 6 heteroatoms. The summed E-state index contributed by atoms with van der Waals surface area (Å²) >= 11 is 0. The zero-order valence-corrected chi connectivity index (χ0v) is 8.64. The molecule has 0 atom stereocenters. The fraction of sp³-hybridized carbons (Fsp3) is 0.222. The van der Waals surface area contributed by atoms with Crippen LogP contribution in [0.4, 0.5) is 5.82 Å². The Balaban J connectivity index is 2.62. The number of carbonyl (C=O) groups excluding carboxylic acids is 1. The lowest BCUT2D eigenvalue weighted by atomic mass is 10.3. The summed E-state index contributed by atoms with van der Waals surface area (Å²) in [5, 5.41) is 3.70. The molecule has 6 nitrogen and oxygen atoms in total. The molecule has 80 valence electrons. The summed E-state index contributed by atoms with van der Waals surface area (Å²) in [5.74, 6) is -0.0837. The normalized spacial score (nSPS) is 10.3. The van der Waals surface area contributed by atoms with Crippen LogP contribution in [0, 0.1) is 0 Å². The van der Waals surface area contributed by atoms with Crippen molar-refractivity contribution < 1.29 is 4.79 Å². The van der Waals surface area contributed by atoms with Gasteiger partial charge in [0.05, 0.1) is 0 Å². The largest absolute Gasteiger partial charge is 0.384 e. The second kappa shape index (κ2) is 4.94. The van der Waals surface area contributed by atoms with Crippen molar-refractivity contribution in [3.05, 3.63) is 23.9 Å². The van der Waals surface area contributed by atoms with E-state index in [-0.39, 0.29) is 11.6 Å². The molecule has 0 saturated heterocycles. The minimum atomic E-state index is -0.389. The molecule has 3 N–H and O–H groups in total. The van der Waals surface area contributed by atoms with Gasteiger partial charge in [0.2, 0.25) is 0 Å². The Labute approximate surface area is 87.8 Å². The Morgan fingerprint density at radius 1 is 1.60 bits per heavy atom. The molecule has 1 heterocycles. The highest BCUT2D eigenvalue weighted by atomic mass is 16.2. The number of carbonyl (C=O) groups is 1. The van der Waals surface area contributed by atoms with Gasteiger partial charge in [-0.3, -0.25) is 4.79 Å². The zero-order chi connectivity index (χ0) is 11.3. The summed E-state index contributed by atoms with van der Waals surface area (Å²) in [6.45, 7) is 0. The highest BCUT2D eigenvalue weighted by molar-refractivity contribution is 5.92. The molecule has 0 aromatic carbocycles. The van der Waals surface area contributed by atoms with E-state index in [0.29, 0.717) is 5.82 Å². The highest BCUT2D eigenvalue weighted by Gasteiger charge is 2.05. The summed E-state index contributed by atoms with van der Waals surface area (Å²) in [7, 11) is 3.60. The predicted molar refractivity (Wildman–Crippen MR) is 58.3 cm³/mol. The van der Waals surface area contributed by atoms with Crippen LogP contribution in [0.1, 0.15) is 10.5 Å². The molecule has 1 rings (SSSR count). The molecular formula is C9H13N5O. The number of nitrogens with two attached hydrogens (primary N) is 1. The second-order valence-electron chi connectivity index (χ2n) is 3.10. The topological polar surface area (TPSA) is 83.6 Å². The number of hydrazone groups is 1. The molecule has 0 radical (unpaired) electrons. The molecule has 0 spiro atoms. The van der Waals surface area contributed by atoms with E-state index in [0.717, 1.165) is 0 Å². The van der Waals surface area contributed by atoms with Crippen molar-refractivity contribution in [2.24, 2.45) is 5.10 Å². The first-order valence-electron chi connectivity index (χ1n) is 4.32. The van der Waals surface area contributed by atoms with Crippen LogP contribution in [0.3, 0.4) is 0 Å². The van der Waals surface area contributed by atoms with Crippen molar-refractivity contribution in [2.45, 2.75) is 0 Å². The van der Waals surface area contributed by atoms with Crippen molar-refractivity contribution in [3.8, 4) is 0 Å². The van der Waals surface area contributed by atoms with Crippen LogP contribution in [-0.4, -0.2) is 36.2 Å². The van der Waals surface area contributed by atoms with Crippen LogP contribution in [0.25, 0.3) is 0 Å². The maximum Gasteiger partial charge on any atom is 0.290 e. The summed E-state index contributed by atoms with van der Waals surface area (Å²) in [6, 6.07) is 4.84. The third kappa shape index (κ3) is 3.63. The lowest BCUT2D eigenvalue weighted by Gasteiger charge is -2.03. The average Bonchev–Trinajstić information content (AvgIpc) is 2.17. The van der Waals surface area contributed by atoms with E-state index >= 15 is 0 Å². The summed E-state index contributed by atoms with van der Waals surface area (Å²) in [6.07, 6.45) is 1.48. The number of aromatic nitrogens is 1. The van der Waals surface area contributed by atoms with Gasteiger partial charge in [0.25, 0.3) is 5.91 Å². The number of hydrogen-bond donors (Lipinski definition) is 2. The fourth-order valence-corrected chi connectivity index (χ4v) is 0.838.